The van der Waals surface area contributed by atoms with Gasteiger partial charge in [0.25, 0.3) is 0 Å². The monoisotopic (exact) mass is 325 g/mol. The van der Waals surface area contributed by atoms with Gasteiger partial charge in [0.05, 0.1) is 16.4 Å². The zero-order valence-corrected chi connectivity index (χ0v) is 12.8. The van der Waals surface area contributed by atoms with E-state index >= 15 is 0 Å². The first-order chi connectivity index (χ1) is 8.70. The minimum atomic E-state index is 0.291. The Balaban J connectivity index is 2.13. The number of benzene rings is 1. The minimum Gasteiger partial charge on any atom is -0.380 e. The molecule has 1 N–H and O–H groups in total. The lowest BCUT2D eigenvalue weighted by Gasteiger charge is -2.16. The summed E-state index contributed by atoms with van der Waals surface area (Å²) in [4.78, 5) is 1.31. The minimum absolute atomic E-state index is 0.291. The highest BCUT2D eigenvalue weighted by molar-refractivity contribution is 9.11. The molecule has 1 unspecified atom stereocenters. The molecule has 2 nitrogen and oxygen atoms in total. The molecule has 0 radical (unpaired) electrons. The van der Waals surface area contributed by atoms with Crippen molar-refractivity contribution < 1.29 is 4.74 Å². The zero-order chi connectivity index (χ0) is 13.0. The van der Waals surface area contributed by atoms with Crippen LogP contribution in [0.4, 0.5) is 5.69 Å². The lowest BCUT2D eigenvalue weighted by Crippen LogP contribution is -2.07. The van der Waals surface area contributed by atoms with Crippen LogP contribution in [0.2, 0.25) is 0 Å². The fourth-order valence-electron chi connectivity index (χ4n) is 1.81. The van der Waals surface area contributed by atoms with Gasteiger partial charge in [0.15, 0.2) is 0 Å². The van der Waals surface area contributed by atoms with Crippen LogP contribution in [0.1, 0.15) is 23.4 Å². The predicted octanol–water partition coefficient (Wildman–Crippen LogP) is 4.83. The molecule has 1 aromatic carbocycles. The molecule has 2 aromatic rings. The quantitative estimate of drug-likeness (QED) is 0.850. The Hall–Kier alpha value is -0.840. The highest BCUT2D eigenvalue weighted by Gasteiger charge is 2.09. The molecule has 0 aliphatic heterocycles. The van der Waals surface area contributed by atoms with E-state index in [0.29, 0.717) is 12.6 Å². The summed E-state index contributed by atoms with van der Waals surface area (Å²) in [5, 5.41) is 3.53. The van der Waals surface area contributed by atoms with E-state index in [4.69, 9.17) is 4.74 Å². The van der Waals surface area contributed by atoms with E-state index < -0.39 is 0 Å². The SMILES string of the molecule is COCc1ccccc1NC(C)c1ccc(Br)s1. The van der Waals surface area contributed by atoms with E-state index in [2.05, 4.69) is 52.4 Å². The molecule has 1 atom stereocenters. The third kappa shape index (κ3) is 3.34. The second-order valence-electron chi connectivity index (χ2n) is 4.10. The first-order valence-corrected chi connectivity index (χ1v) is 7.40. The number of hydrogen-bond acceptors (Lipinski definition) is 3. The molecule has 0 bridgehead atoms. The lowest BCUT2D eigenvalue weighted by molar-refractivity contribution is 0.185. The van der Waals surface area contributed by atoms with Gasteiger partial charge in [0, 0.05) is 23.2 Å². The molecule has 0 spiro atoms. The maximum absolute atomic E-state index is 5.22. The van der Waals surface area contributed by atoms with Crippen LogP contribution in [0.3, 0.4) is 0 Å². The zero-order valence-electron chi connectivity index (χ0n) is 10.4. The number of thiophene rings is 1. The largest absolute Gasteiger partial charge is 0.380 e. The van der Waals surface area contributed by atoms with Crippen LogP contribution in [-0.4, -0.2) is 7.11 Å². The summed E-state index contributed by atoms with van der Waals surface area (Å²) >= 11 is 5.25. The van der Waals surface area contributed by atoms with Crippen molar-refractivity contribution in [3.8, 4) is 0 Å². The second kappa shape index (κ2) is 6.36. The standard InChI is InChI=1S/C14H16BrNOS/c1-10(13-7-8-14(15)18-13)16-12-6-4-3-5-11(12)9-17-2/h3-8,10,16H,9H2,1-2H3. The van der Waals surface area contributed by atoms with Crippen molar-refractivity contribution >= 4 is 33.0 Å². The molecule has 0 saturated carbocycles. The maximum Gasteiger partial charge on any atom is 0.0733 e. The van der Waals surface area contributed by atoms with Crippen molar-refractivity contribution in [3.05, 3.63) is 50.6 Å². The molecule has 0 amide bonds. The van der Waals surface area contributed by atoms with E-state index in [1.165, 1.54) is 10.4 Å². The highest BCUT2D eigenvalue weighted by Crippen LogP contribution is 2.30. The Bertz CT molecular complexity index is 512. The van der Waals surface area contributed by atoms with Gasteiger partial charge in [-0.1, -0.05) is 18.2 Å². The predicted molar refractivity (Wildman–Crippen MR) is 81.2 cm³/mol. The molecule has 1 aromatic heterocycles. The van der Waals surface area contributed by atoms with Gasteiger partial charge in [0.1, 0.15) is 0 Å². The molecule has 1 heterocycles. The summed E-state index contributed by atoms with van der Waals surface area (Å²) in [6.45, 7) is 2.80. The lowest BCUT2D eigenvalue weighted by atomic mass is 10.1. The Morgan fingerprint density at radius 2 is 2.06 bits per heavy atom. The molecule has 0 aliphatic rings. The van der Waals surface area contributed by atoms with Crippen LogP contribution in [0.25, 0.3) is 0 Å². The number of hydrogen-bond donors (Lipinski definition) is 1. The van der Waals surface area contributed by atoms with Crippen LogP contribution in [-0.2, 0) is 11.3 Å². The van der Waals surface area contributed by atoms with Crippen molar-refractivity contribution in [1.29, 1.82) is 0 Å². The average Bonchev–Trinajstić information content (AvgIpc) is 2.79. The van der Waals surface area contributed by atoms with Gasteiger partial charge in [-0.05, 0) is 41.1 Å². The van der Waals surface area contributed by atoms with Gasteiger partial charge in [-0.15, -0.1) is 11.3 Å². The van der Waals surface area contributed by atoms with Gasteiger partial charge in [-0.25, -0.2) is 0 Å². The normalized spacial score (nSPS) is 12.4. The van der Waals surface area contributed by atoms with Crippen molar-refractivity contribution in [2.24, 2.45) is 0 Å². The number of anilines is 1. The van der Waals surface area contributed by atoms with Gasteiger partial charge < -0.3 is 10.1 Å². The Morgan fingerprint density at radius 3 is 2.72 bits per heavy atom. The van der Waals surface area contributed by atoms with Crippen molar-refractivity contribution in [3.63, 3.8) is 0 Å². The highest BCUT2D eigenvalue weighted by atomic mass is 79.9. The number of nitrogens with one attached hydrogen (secondary N) is 1. The fourth-order valence-corrected chi connectivity index (χ4v) is 3.23. The van der Waals surface area contributed by atoms with Gasteiger partial charge in [-0.2, -0.15) is 0 Å². The van der Waals surface area contributed by atoms with Gasteiger partial charge >= 0.3 is 0 Å². The van der Waals surface area contributed by atoms with Crippen LogP contribution < -0.4 is 5.32 Å². The number of ether oxygens (including phenoxy) is 1. The summed E-state index contributed by atoms with van der Waals surface area (Å²) in [5.74, 6) is 0. The van der Waals surface area contributed by atoms with Crippen LogP contribution in [0.15, 0.2) is 40.2 Å². The average molecular weight is 326 g/mol. The summed E-state index contributed by atoms with van der Waals surface area (Å²) in [6, 6.07) is 12.8. The van der Waals surface area contributed by atoms with E-state index in [-0.39, 0.29) is 0 Å². The molecule has 4 heteroatoms. The second-order valence-corrected chi connectivity index (χ2v) is 6.59. The van der Waals surface area contributed by atoms with Gasteiger partial charge in [0.2, 0.25) is 0 Å². The smallest absolute Gasteiger partial charge is 0.0733 e. The Morgan fingerprint density at radius 1 is 1.28 bits per heavy atom. The number of methoxy groups -OCH3 is 1. The first kappa shape index (κ1) is 13.6. The summed E-state index contributed by atoms with van der Waals surface area (Å²) < 4.78 is 6.38. The van der Waals surface area contributed by atoms with Crippen molar-refractivity contribution in [1.82, 2.24) is 0 Å². The third-order valence-corrected chi connectivity index (χ3v) is 4.52. The Labute approximate surface area is 120 Å². The van der Waals surface area contributed by atoms with Crippen LogP contribution >= 0.6 is 27.3 Å². The number of para-hydroxylation sites is 1. The van der Waals surface area contributed by atoms with E-state index in [1.807, 2.05) is 12.1 Å². The summed E-state index contributed by atoms with van der Waals surface area (Å²) in [5.41, 5.74) is 2.32. The molecule has 0 fully saturated rings. The molecule has 18 heavy (non-hydrogen) atoms. The van der Waals surface area contributed by atoms with Crippen molar-refractivity contribution in [2.45, 2.75) is 19.6 Å². The van der Waals surface area contributed by atoms with E-state index in [1.54, 1.807) is 18.4 Å². The topological polar surface area (TPSA) is 21.3 Å². The fraction of sp³-hybridized carbons (Fsp3) is 0.286. The maximum atomic E-state index is 5.22. The Kier molecular flexibility index (Phi) is 4.80. The number of halogens is 1. The van der Waals surface area contributed by atoms with E-state index in [9.17, 15) is 0 Å². The van der Waals surface area contributed by atoms with Crippen LogP contribution in [0.5, 0.6) is 0 Å². The molecule has 96 valence electrons. The molecule has 0 aliphatic carbocycles. The summed E-state index contributed by atoms with van der Waals surface area (Å²) in [7, 11) is 1.72. The molecule has 0 saturated heterocycles. The van der Waals surface area contributed by atoms with Crippen LogP contribution in [0, 0.1) is 0 Å². The molecular weight excluding hydrogens is 310 g/mol. The van der Waals surface area contributed by atoms with Crippen molar-refractivity contribution in [2.75, 3.05) is 12.4 Å². The summed E-state index contributed by atoms with van der Waals surface area (Å²) in [6.07, 6.45) is 0. The first-order valence-electron chi connectivity index (χ1n) is 5.79. The van der Waals surface area contributed by atoms with Gasteiger partial charge in [-0.3, -0.25) is 0 Å². The number of rotatable bonds is 5. The third-order valence-electron chi connectivity index (χ3n) is 2.71. The molecular formula is C14H16BrNOS. The molecule has 2 rings (SSSR count). The van der Waals surface area contributed by atoms with E-state index in [0.717, 1.165) is 9.47 Å².